The molecule has 1 saturated carbocycles. The highest BCUT2D eigenvalue weighted by atomic mass is 16.2. The van der Waals surface area contributed by atoms with Crippen LogP contribution in [-0.4, -0.2) is 42.4 Å². The highest BCUT2D eigenvalue weighted by Crippen LogP contribution is 2.24. The number of nitrogens with zero attached hydrogens (tertiary/aromatic N) is 1. The number of nitrogens with two attached hydrogens (primary N) is 1. The first-order valence-electron chi connectivity index (χ1n) is 6.38. The van der Waals surface area contributed by atoms with Crippen LogP contribution in [0.4, 0.5) is 0 Å². The predicted octanol–water partition coefficient (Wildman–Crippen LogP) is -0.149. The molecular weight excluding hydrogens is 218 g/mol. The minimum Gasteiger partial charge on any atom is -0.351 e. The molecule has 5 heteroatoms. The summed E-state index contributed by atoms with van der Waals surface area (Å²) in [6.45, 7) is 0.618. The van der Waals surface area contributed by atoms with Gasteiger partial charge in [-0.15, -0.1) is 0 Å². The Morgan fingerprint density at radius 1 is 1.41 bits per heavy atom. The van der Waals surface area contributed by atoms with Gasteiger partial charge < -0.3 is 16.0 Å². The zero-order valence-electron chi connectivity index (χ0n) is 10.3. The van der Waals surface area contributed by atoms with Crippen LogP contribution >= 0.6 is 0 Å². The average molecular weight is 239 g/mol. The van der Waals surface area contributed by atoms with Gasteiger partial charge in [-0.25, -0.2) is 0 Å². The van der Waals surface area contributed by atoms with Crippen molar-refractivity contribution < 1.29 is 9.59 Å². The molecule has 3 unspecified atom stereocenters. The lowest BCUT2D eigenvalue weighted by Crippen LogP contribution is -2.51. The highest BCUT2D eigenvalue weighted by molar-refractivity contribution is 5.81. The number of nitrogens with one attached hydrogen (secondary N) is 1. The number of carbonyl (C=O) groups is 2. The van der Waals surface area contributed by atoms with Crippen LogP contribution in [0, 0.1) is 5.92 Å². The number of piperidine rings is 1. The van der Waals surface area contributed by atoms with Gasteiger partial charge in [0.25, 0.3) is 0 Å². The number of hydrogen-bond acceptors (Lipinski definition) is 3. The van der Waals surface area contributed by atoms with E-state index in [1.165, 1.54) is 0 Å². The van der Waals surface area contributed by atoms with Gasteiger partial charge in [0.2, 0.25) is 11.8 Å². The fourth-order valence-corrected chi connectivity index (χ4v) is 2.75. The molecule has 0 radical (unpaired) electrons. The molecule has 3 atom stereocenters. The zero-order valence-corrected chi connectivity index (χ0v) is 10.3. The molecule has 2 aliphatic rings. The number of rotatable bonds is 2. The van der Waals surface area contributed by atoms with Crippen LogP contribution in [0.5, 0.6) is 0 Å². The summed E-state index contributed by atoms with van der Waals surface area (Å²) in [7, 11) is 1.78. The minimum absolute atomic E-state index is 0.0120. The van der Waals surface area contributed by atoms with Crippen molar-refractivity contribution in [3.63, 3.8) is 0 Å². The van der Waals surface area contributed by atoms with Gasteiger partial charge in [0.15, 0.2) is 0 Å². The summed E-state index contributed by atoms with van der Waals surface area (Å²) in [6.07, 6.45) is 4.16. The molecule has 1 heterocycles. The number of hydrogen-bond donors (Lipinski definition) is 2. The van der Waals surface area contributed by atoms with Crippen LogP contribution in [0.2, 0.25) is 0 Å². The molecule has 3 N–H and O–H groups in total. The second-order valence-electron chi connectivity index (χ2n) is 5.22. The smallest absolute Gasteiger partial charge is 0.224 e. The zero-order chi connectivity index (χ0) is 12.4. The van der Waals surface area contributed by atoms with E-state index in [-0.39, 0.29) is 29.8 Å². The Morgan fingerprint density at radius 2 is 2.18 bits per heavy atom. The Morgan fingerprint density at radius 3 is 2.76 bits per heavy atom. The summed E-state index contributed by atoms with van der Waals surface area (Å²) in [6, 6.07) is 0.107. The third-order valence-corrected chi connectivity index (χ3v) is 3.88. The van der Waals surface area contributed by atoms with E-state index in [0.717, 1.165) is 25.7 Å². The predicted molar refractivity (Wildman–Crippen MR) is 64.1 cm³/mol. The standard InChI is InChI=1S/C12H21N3O2/c1-15-7-8(5-6-11(15)16)14-12(17)9-3-2-4-10(9)13/h8-10H,2-7,13H2,1H3,(H,14,17). The molecule has 2 rings (SSSR count). The summed E-state index contributed by atoms with van der Waals surface area (Å²) in [5, 5.41) is 3.03. The molecule has 2 amide bonds. The van der Waals surface area contributed by atoms with Crippen molar-refractivity contribution in [1.82, 2.24) is 10.2 Å². The number of likely N-dealkylation sites (tertiary alicyclic amines) is 1. The lowest BCUT2D eigenvalue weighted by molar-refractivity contribution is -0.134. The Labute approximate surface area is 102 Å². The van der Waals surface area contributed by atoms with Crippen LogP contribution < -0.4 is 11.1 Å². The maximum Gasteiger partial charge on any atom is 0.224 e. The van der Waals surface area contributed by atoms with E-state index < -0.39 is 0 Å². The molecule has 0 aromatic heterocycles. The van der Waals surface area contributed by atoms with Gasteiger partial charge in [-0.3, -0.25) is 9.59 Å². The van der Waals surface area contributed by atoms with Gasteiger partial charge >= 0.3 is 0 Å². The summed E-state index contributed by atoms with van der Waals surface area (Å²) < 4.78 is 0. The number of amides is 2. The van der Waals surface area contributed by atoms with Gasteiger partial charge in [0, 0.05) is 32.1 Å². The monoisotopic (exact) mass is 239 g/mol. The van der Waals surface area contributed by atoms with Crippen molar-refractivity contribution in [2.24, 2.45) is 11.7 Å². The molecule has 1 aliphatic carbocycles. The normalized spacial score (nSPS) is 33.9. The van der Waals surface area contributed by atoms with Crippen molar-refractivity contribution in [3.05, 3.63) is 0 Å². The van der Waals surface area contributed by atoms with Crippen molar-refractivity contribution in [1.29, 1.82) is 0 Å². The van der Waals surface area contributed by atoms with Crippen molar-refractivity contribution >= 4 is 11.8 Å². The van der Waals surface area contributed by atoms with Crippen LogP contribution in [0.1, 0.15) is 32.1 Å². The summed E-state index contributed by atoms with van der Waals surface area (Å²) in [4.78, 5) is 25.0. The van der Waals surface area contributed by atoms with Crippen LogP contribution in [0.15, 0.2) is 0 Å². The summed E-state index contributed by atoms with van der Waals surface area (Å²) in [5.74, 6) is 0.203. The molecule has 2 fully saturated rings. The van der Waals surface area contributed by atoms with E-state index in [9.17, 15) is 9.59 Å². The first kappa shape index (κ1) is 12.4. The lowest BCUT2D eigenvalue weighted by atomic mass is 10.0. The summed E-state index contributed by atoms with van der Waals surface area (Å²) >= 11 is 0. The van der Waals surface area contributed by atoms with E-state index >= 15 is 0 Å². The minimum atomic E-state index is -0.0297. The molecule has 1 saturated heterocycles. The van der Waals surface area contributed by atoms with Crippen molar-refractivity contribution in [3.8, 4) is 0 Å². The van der Waals surface area contributed by atoms with E-state index in [0.29, 0.717) is 13.0 Å². The molecule has 1 aliphatic heterocycles. The third-order valence-electron chi connectivity index (χ3n) is 3.88. The molecule has 5 nitrogen and oxygen atoms in total. The Bertz CT molecular complexity index is 319. The van der Waals surface area contributed by atoms with Gasteiger partial charge in [0.05, 0.1) is 5.92 Å². The molecule has 17 heavy (non-hydrogen) atoms. The molecule has 96 valence electrons. The second kappa shape index (κ2) is 5.04. The maximum atomic E-state index is 12.0. The summed E-state index contributed by atoms with van der Waals surface area (Å²) in [5.41, 5.74) is 5.91. The number of likely N-dealkylation sites (N-methyl/N-ethyl adjacent to an activating group) is 1. The fraction of sp³-hybridized carbons (Fsp3) is 0.833. The average Bonchev–Trinajstić information content (AvgIpc) is 2.70. The Kier molecular flexibility index (Phi) is 3.66. The largest absolute Gasteiger partial charge is 0.351 e. The van der Waals surface area contributed by atoms with Crippen molar-refractivity contribution in [2.75, 3.05) is 13.6 Å². The van der Waals surface area contributed by atoms with Crippen molar-refractivity contribution in [2.45, 2.75) is 44.2 Å². The topological polar surface area (TPSA) is 75.4 Å². The van der Waals surface area contributed by atoms with E-state index in [4.69, 9.17) is 5.73 Å². The first-order valence-corrected chi connectivity index (χ1v) is 6.38. The first-order chi connectivity index (χ1) is 8.08. The molecule has 0 aromatic rings. The van der Waals surface area contributed by atoms with E-state index in [1.807, 2.05) is 0 Å². The van der Waals surface area contributed by atoms with Crippen LogP contribution in [0.3, 0.4) is 0 Å². The van der Waals surface area contributed by atoms with Gasteiger partial charge in [-0.1, -0.05) is 6.42 Å². The fourth-order valence-electron chi connectivity index (χ4n) is 2.75. The quantitative estimate of drug-likeness (QED) is 0.703. The maximum absolute atomic E-state index is 12.0. The molecule has 0 bridgehead atoms. The lowest BCUT2D eigenvalue weighted by Gasteiger charge is -2.31. The van der Waals surface area contributed by atoms with Gasteiger partial charge in [0.1, 0.15) is 0 Å². The van der Waals surface area contributed by atoms with Gasteiger partial charge in [-0.2, -0.15) is 0 Å². The van der Waals surface area contributed by atoms with E-state index in [2.05, 4.69) is 5.32 Å². The van der Waals surface area contributed by atoms with Gasteiger partial charge in [-0.05, 0) is 19.3 Å². The molecule has 0 aromatic carbocycles. The molecule has 0 spiro atoms. The second-order valence-corrected chi connectivity index (χ2v) is 5.22. The third kappa shape index (κ3) is 2.77. The van der Waals surface area contributed by atoms with Crippen LogP contribution in [-0.2, 0) is 9.59 Å². The Balaban J connectivity index is 1.84. The molecular formula is C12H21N3O2. The highest BCUT2D eigenvalue weighted by Gasteiger charge is 2.32. The Hall–Kier alpha value is -1.10. The van der Waals surface area contributed by atoms with Crippen LogP contribution in [0.25, 0.3) is 0 Å². The van der Waals surface area contributed by atoms with E-state index in [1.54, 1.807) is 11.9 Å². The SMILES string of the molecule is CN1CC(NC(=O)C2CCCC2N)CCC1=O. The number of carbonyl (C=O) groups excluding carboxylic acids is 2.